The van der Waals surface area contributed by atoms with E-state index in [1.54, 1.807) is 7.11 Å². The Labute approximate surface area is 149 Å². The van der Waals surface area contributed by atoms with Gasteiger partial charge in [0, 0.05) is 36.8 Å². The first-order valence-corrected chi connectivity index (χ1v) is 9.59. The fourth-order valence-electron chi connectivity index (χ4n) is 2.63. The standard InChI is InChI=1S/C18H29N3O2S/c1-4-19-18(21-10-9-15(22)12-21)20-11-14(2)13-24-17-8-6-5-7-16(17)23-3/h5-8,14-15,22H,4,9-13H2,1-3H3,(H,19,20)/t14?,15-/m1/s1. The minimum atomic E-state index is -0.229. The van der Waals surface area contributed by atoms with Crippen LogP contribution in [-0.4, -0.2) is 61.1 Å². The third kappa shape index (κ3) is 5.60. The molecule has 2 rings (SSSR count). The summed E-state index contributed by atoms with van der Waals surface area (Å²) in [6, 6.07) is 8.11. The smallest absolute Gasteiger partial charge is 0.194 e. The molecule has 1 fully saturated rings. The van der Waals surface area contributed by atoms with Crippen LogP contribution in [0.25, 0.3) is 0 Å². The summed E-state index contributed by atoms with van der Waals surface area (Å²) in [6.45, 7) is 7.46. The first kappa shape index (κ1) is 18.9. The number of rotatable bonds is 7. The molecule has 0 bridgehead atoms. The van der Waals surface area contributed by atoms with Crippen molar-refractivity contribution >= 4 is 17.7 Å². The molecule has 0 amide bonds. The largest absolute Gasteiger partial charge is 0.496 e. The minimum Gasteiger partial charge on any atom is -0.496 e. The number of benzene rings is 1. The maximum atomic E-state index is 9.71. The van der Waals surface area contributed by atoms with Crippen LogP contribution in [0.15, 0.2) is 34.2 Å². The maximum absolute atomic E-state index is 9.71. The molecule has 5 nitrogen and oxygen atoms in total. The second-order valence-corrected chi connectivity index (χ2v) is 7.21. The molecule has 1 heterocycles. The number of aliphatic imine (C=N–C) groups is 1. The normalized spacial score (nSPS) is 19.4. The van der Waals surface area contributed by atoms with E-state index < -0.39 is 0 Å². The number of ether oxygens (including phenoxy) is 1. The van der Waals surface area contributed by atoms with E-state index in [1.165, 1.54) is 4.90 Å². The predicted molar refractivity (Wildman–Crippen MR) is 101 cm³/mol. The lowest BCUT2D eigenvalue weighted by Crippen LogP contribution is -2.40. The summed E-state index contributed by atoms with van der Waals surface area (Å²) in [5.74, 6) is 3.30. The van der Waals surface area contributed by atoms with Crippen molar-refractivity contribution in [1.82, 2.24) is 10.2 Å². The molecule has 1 aliphatic heterocycles. The minimum absolute atomic E-state index is 0.229. The zero-order valence-electron chi connectivity index (χ0n) is 14.9. The summed E-state index contributed by atoms with van der Waals surface area (Å²) >= 11 is 1.81. The quantitative estimate of drug-likeness (QED) is 0.449. The zero-order valence-corrected chi connectivity index (χ0v) is 15.7. The summed E-state index contributed by atoms with van der Waals surface area (Å²) in [5, 5.41) is 13.0. The summed E-state index contributed by atoms with van der Waals surface area (Å²) in [4.78, 5) is 8.08. The average Bonchev–Trinajstić information content (AvgIpc) is 3.03. The number of aliphatic hydroxyl groups is 1. The van der Waals surface area contributed by atoms with Crippen LogP contribution in [0.1, 0.15) is 20.3 Å². The van der Waals surface area contributed by atoms with Crippen molar-refractivity contribution in [2.75, 3.05) is 39.0 Å². The third-order valence-electron chi connectivity index (χ3n) is 3.94. The predicted octanol–water partition coefficient (Wildman–Crippen LogP) is 2.46. The Balaban J connectivity index is 1.86. The summed E-state index contributed by atoms with van der Waals surface area (Å²) in [7, 11) is 1.71. The highest BCUT2D eigenvalue weighted by Gasteiger charge is 2.22. The second kappa shape index (κ2) is 9.79. The van der Waals surface area contributed by atoms with Crippen molar-refractivity contribution in [1.29, 1.82) is 0 Å². The van der Waals surface area contributed by atoms with Crippen LogP contribution < -0.4 is 10.1 Å². The number of nitrogens with zero attached hydrogens (tertiary/aromatic N) is 2. The van der Waals surface area contributed by atoms with Crippen molar-refractivity contribution in [3.05, 3.63) is 24.3 Å². The van der Waals surface area contributed by atoms with Gasteiger partial charge in [0.05, 0.1) is 13.2 Å². The van der Waals surface area contributed by atoms with Crippen LogP contribution in [0, 0.1) is 5.92 Å². The lowest BCUT2D eigenvalue weighted by molar-refractivity contribution is 0.187. The van der Waals surface area contributed by atoms with Gasteiger partial charge >= 0.3 is 0 Å². The Bertz CT molecular complexity index is 539. The number of methoxy groups -OCH3 is 1. The number of nitrogens with one attached hydrogen (secondary N) is 1. The Morgan fingerprint density at radius 3 is 2.96 bits per heavy atom. The average molecular weight is 352 g/mol. The van der Waals surface area contributed by atoms with Gasteiger partial charge in [-0.3, -0.25) is 4.99 Å². The highest BCUT2D eigenvalue weighted by atomic mass is 32.2. The number of para-hydroxylation sites is 1. The molecular weight excluding hydrogens is 322 g/mol. The van der Waals surface area contributed by atoms with E-state index in [0.29, 0.717) is 12.5 Å². The van der Waals surface area contributed by atoms with Gasteiger partial charge < -0.3 is 20.1 Å². The fourth-order valence-corrected chi connectivity index (χ4v) is 3.66. The fraction of sp³-hybridized carbons (Fsp3) is 0.611. The molecule has 1 unspecified atom stereocenters. The van der Waals surface area contributed by atoms with Crippen LogP contribution in [0.5, 0.6) is 5.75 Å². The van der Waals surface area contributed by atoms with E-state index in [0.717, 1.165) is 43.5 Å². The molecule has 2 atom stereocenters. The van der Waals surface area contributed by atoms with E-state index >= 15 is 0 Å². The maximum Gasteiger partial charge on any atom is 0.194 e. The van der Waals surface area contributed by atoms with Crippen molar-refractivity contribution in [3.8, 4) is 5.75 Å². The molecule has 1 aromatic carbocycles. The molecule has 0 saturated carbocycles. The molecule has 0 aromatic heterocycles. The van der Waals surface area contributed by atoms with Crippen molar-refractivity contribution in [3.63, 3.8) is 0 Å². The molecule has 0 aliphatic carbocycles. The molecule has 134 valence electrons. The number of aliphatic hydroxyl groups excluding tert-OH is 1. The Kier molecular flexibility index (Phi) is 7.72. The first-order chi connectivity index (χ1) is 11.6. The molecule has 1 aliphatic rings. The van der Waals surface area contributed by atoms with Crippen LogP contribution >= 0.6 is 11.8 Å². The van der Waals surface area contributed by atoms with Gasteiger partial charge in [0.2, 0.25) is 0 Å². The summed E-state index contributed by atoms with van der Waals surface area (Å²) < 4.78 is 5.40. The number of β-amino-alcohol motifs (C(OH)–C–C–N with tert-alkyl or cyclic N) is 1. The monoisotopic (exact) mass is 351 g/mol. The summed E-state index contributed by atoms with van der Waals surface area (Å²) in [6.07, 6.45) is 0.594. The zero-order chi connectivity index (χ0) is 17.4. The molecule has 1 aromatic rings. The Hall–Kier alpha value is -1.40. The Morgan fingerprint density at radius 1 is 1.50 bits per heavy atom. The second-order valence-electron chi connectivity index (χ2n) is 6.15. The van der Waals surface area contributed by atoms with E-state index in [2.05, 4.69) is 30.1 Å². The van der Waals surface area contributed by atoms with Crippen molar-refractivity contribution < 1.29 is 9.84 Å². The number of guanidine groups is 1. The van der Waals surface area contributed by atoms with E-state index in [4.69, 9.17) is 9.73 Å². The first-order valence-electron chi connectivity index (χ1n) is 8.61. The van der Waals surface area contributed by atoms with Crippen LogP contribution in [0.4, 0.5) is 0 Å². The topological polar surface area (TPSA) is 57.1 Å². The Morgan fingerprint density at radius 2 is 2.29 bits per heavy atom. The number of hydrogen-bond acceptors (Lipinski definition) is 4. The van der Waals surface area contributed by atoms with Gasteiger partial charge in [0.25, 0.3) is 0 Å². The molecule has 2 N–H and O–H groups in total. The SMILES string of the molecule is CCNC(=NCC(C)CSc1ccccc1OC)N1CC[C@@H](O)C1. The molecule has 0 spiro atoms. The molecular formula is C18H29N3O2S. The van der Waals surface area contributed by atoms with Crippen LogP contribution in [0.2, 0.25) is 0 Å². The summed E-state index contributed by atoms with van der Waals surface area (Å²) in [5.41, 5.74) is 0. The lowest BCUT2D eigenvalue weighted by Gasteiger charge is -2.21. The van der Waals surface area contributed by atoms with Gasteiger partial charge in [-0.05, 0) is 31.4 Å². The number of likely N-dealkylation sites (tertiary alicyclic amines) is 1. The van der Waals surface area contributed by atoms with Gasteiger partial charge in [-0.2, -0.15) is 0 Å². The highest BCUT2D eigenvalue weighted by Crippen LogP contribution is 2.30. The van der Waals surface area contributed by atoms with E-state index in [9.17, 15) is 5.11 Å². The van der Waals surface area contributed by atoms with Crippen LogP contribution in [-0.2, 0) is 0 Å². The van der Waals surface area contributed by atoms with E-state index in [-0.39, 0.29) is 6.10 Å². The number of hydrogen-bond donors (Lipinski definition) is 2. The van der Waals surface area contributed by atoms with Gasteiger partial charge in [-0.1, -0.05) is 19.1 Å². The van der Waals surface area contributed by atoms with Crippen LogP contribution in [0.3, 0.4) is 0 Å². The van der Waals surface area contributed by atoms with Gasteiger partial charge in [-0.15, -0.1) is 11.8 Å². The third-order valence-corrected chi connectivity index (χ3v) is 5.33. The van der Waals surface area contributed by atoms with Crippen molar-refractivity contribution in [2.24, 2.45) is 10.9 Å². The molecule has 0 radical (unpaired) electrons. The van der Waals surface area contributed by atoms with Gasteiger partial charge in [-0.25, -0.2) is 0 Å². The van der Waals surface area contributed by atoms with Gasteiger partial charge in [0.15, 0.2) is 5.96 Å². The van der Waals surface area contributed by atoms with Gasteiger partial charge in [0.1, 0.15) is 5.75 Å². The van der Waals surface area contributed by atoms with E-state index in [1.807, 2.05) is 30.0 Å². The number of thioether (sulfide) groups is 1. The molecule has 1 saturated heterocycles. The molecule has 24 heavy (non-hydrogen) atoms. The lowest BCUT2D eigenvalue weighted by atomic mass is 10.2. The highest BCUT2D eigenvalue weighted by molar-refractivity contribution is 7.99. The molecule has 6 heteroatoms. The van der Waals surface area contributed by atoms with Crippen molar-refractivity contribution in [2.45, 2.75) is 31.3 Å².